The first kappa shape index (κ1) is 15.9. The SMILES string of the molecule is CC.CC.COc1ccc(OC=O)cc1. The minimum absolute atomic E-state index is 0.391. The Labute approximate surface area is 92.0 Å². The molecule has 0 heterocycles. The van der Waals surface area contributed by atoms with Gasteiger partial charge in [0.25, 0.3) is 6.47 Å². The average molecular weight is 212 g/mol. The Bertz CT molecular complexity index is 229. The minimum atomic E-state index is 0.391. The number of rotatable bonds is 3. The molecule has 0 atom stereocenters. The molecule has 3 nitrogen and oxygen atoms in total. The zero-order valence-corrected chi connectivity index (χ0v) is 10.1. The zero-order valence-electron chi connectivity index (χ0n) is 10.1. The second-order valence-electron chi connectivity index (χ2n) is 1.89. The molecule has 0 bridgehead atoms. The lowest BCUT2D eigenvalue weighted by Gasteiger charge is -1.99. The first-order chi connectivity index (χ1) is 7.36. The zero-order chi connectivity index (χ0) is 12.1. The molecule has 0 spiro atoms. The van der Waals surface area contributed by atoms with Crippen molar-refractivity contribution in [3.63, 3.8) is 0 Å². The summed E-state index contributed by atoms with van der Waals surface area (Å²) in [5, 5.41) is 0. The van der Waals surface area contributed by atoms with E-state index in [1.165, 1.54) is 0 Å². The summed E-state index contributed by atoms with van der Waals surface area (Å²) in [4.78, 5) is 9.88. The van der Waals surface area contributed by atoms with Gasteiger partial charge in [0, 0.05) is 0 Å². The molecule has 1 rings (SSSR count). The van der Waals surface area contributed by atoms with E-state index in [0.717, 1.165) is 5.75 Å². The van der Waals surface area contributed by atoms with Crippen molar-refractivity contribution in [2.45, 2.75) is 27.7 Å². The molecule has 3 heteroatoms. The third kappa shape index (κ3) is 7.55. The van der Waals surface area contributed by atoms with E-state index >= 15 is 0 Å². The van der Waals surface area contributed by atoms with E-state index in [1.54, 1.807) is 31.4 Å². The van der Waals surface area contributed by atoms with Crippen molar-refractivity contribution in [3.8, 4) is 11.5 Å². The lowest BCUT2D eigenvalue weighted by atomic mass is 10.3. The van der Waals surface area contributed by atoms with Gasteiger partial charge in [-0.2, -0.15) is 0 Å². The minimum Gasteiger partial charge on any atom is -0.497 e. The van der Waals surface area contributed by atoms with Gasteiger partial charge in [0.15, 0.2) is 0 Å². The summed E-state index contributed by atoms with van der Waals surface area (Å²) in [5.74, 6) is 1.25. The van der Waals surface area contributed by atoms with Crippen LogP contribution in [0.3, 0.4) is 0 Å². The van der Waals surface area contributed by atoms with E-state index in [0.29, 0.717) is 12.2 Å². The largest absolute Gasteiger partial charge is 0.497 e. The van der Waals surface area contributed by atoms with Gasteiger partial charge in [0.2, 0.25) is 0 Å². The number of hydrogen-bond acceptors (Lipinski definition) is 3. The predicted molar refractivity (Wildman–Crippen MR) is 62.4 cm³/mol. The van der Waals surface area contributed by atoms with Crippen LogP contribution in [-0.4, -0.2) is 13.6 Å². The fourth-order valence-electron chi connectivity index (χ4n) is 0.710. The Morgan fingerprint density at radius 1 is 0.933 bits per heavy atom. The molecule has 0 amide bonds. The van der Waals surface area contributed by atoms with Crippen LogP contribution in [-0.2, 0) is 4.79 Å². The van der Waals surface area contributed by atoms with Gasteiger partial charge in [-0.05, 0) is 24.3 Å². The highest BCUT2D eigenvalue weighted by Crippen LogP contribution is 2.15. The summed E-state index contributed by atoms with van der Waals surface area (Å²) in [7, 11) is 1.58. The van der Waals surface area contributed by atoms with E-state index in [2.05, 4.69) is 4.74 Å². The Kier molecular flexibility index (Phi) is 13.3. The molecular formula is C12H20O3. The third-order valence-electron chi connectivity index (χ3n) is 1.24. The lowest BCUT2D eigenvalue weighted by Crippen LogP contribution is -1.88. The standard InChI is InChI=1S/C8H8O3.2C2H6/c1-10-7-2-4-8(5-3-7)11-6-9;2*1-2/h2-6H,1H3;2*1-2H3. The van der Waals surface area contributed by atoms with Gasteiger partial charge in [-0.1, -0.05) is 27.7 Å². The first-order valence-corrected chi connectivity index (χ1v) is 5.11. The molecule has 15 heavy (non-hydrogen) atoms. The summed E-state index contributed by atoms with van der Waals surface area (Å²) in [6, 6.07) is 6.76. The first-order valence-electron chi connectivity index (χ1n) is 5.11. The molecule has 0 radical (unpaired) electrons. The molecule has 0 aliphatic carbocycles. The fourth-order valence-corrected chi connectivity index (χ4v) is 0.710. The van der Waals surface area contributed by atoms with Crippen LogP contribution in [0, 0.1) is 0 Å². The highest BCUT2D eigenvalue weighted by Gasteiger charge is 1.92. The maximum atomic E-state index is 9.88. The van der Waals surface area contributed by atoms with E-state index in [-0.39, 0.29) is 0 Å². The van der Waals surface area contributed by atoms with E-state index in [1.807, 2.05) is 27.7 Å². The number of methoxy groups -OCH3 is 1. The maximum Gasteiger partial charge on any atom is 0.298 e. The van der Waals surface area contributed by atoms with Crippen LogP contribution in [0.5, 0.6) is 11.5 Å². The average Bonchev–Trinajstić information content (AvgIpc) is 2.36. The van der Waals surface area contributed by atoms with Gasteiger partial charge in [0.1, 0.15) is 11.5 Å². The summed E-state index contributed by atoms with van der Waals surface area (Å²) in [6.07, 6.45) is 0. The van der Waals surface area contributed by atoms with Crippen molar-refractivity contribution in [1.82, 2.24) is 0 Å². The van der Waals surface area contributed by atoms with Gasteiger partial charge in [-0.15, -0.1) is 0 Å². The Balaban J connectivity index is 0. The quantitative estimate of drug-likeness (QED) is 0.721. The van der Waals surface area contributed by atoms with Gasteiger partial charge < -0.3 is 9.47 Å². The van der Waals surface area contributed by atoms with Gasteiger partial charge in [0.05, 0.1) is 7.11 Å². The smallest absolute Gasteiger partial charge is 0.298 e. The van der Waals surface area contributed by atoms with Gasteiger partial charge in [-0.3, -0.25) is 4.79 Å². The molecule has 0 aromatic heterocycles. The highest BCUT2D eigenvalue weighted by molar-refractivity contribution is 5.45. The number of carbonyl (C=O) groups is 1. The molecular weight excluding hydrogens is 192 g/mol. The van der Waals surface area contributed by atoms with Crippen molar-refractivity contribution >= 4 is 6.47 Å². The van der Waals surface area contributed by atoms with Crippen LogP contribution in [0.15, 0.2) is 24.3 Å². The van der Waals surface area contributed by atoms with Crippen molar-refractivity contribution in [3.05, 3.63) is 24.3 Å². The highest BCUT2D eigenvalue weighted by atomic mass is 16.5. The topological polar surface area (TPSA) is 35.5 Å². The summed E-state index contributed by atoms with van der Waals surface area (Å²) >= 11 is 0. The van der Waals surface area contributed by atoms with E-state index in [9.17, 15) is 4.79 Å². The molecule has 0 fully saturated rings. The molecule has 0 N–H and O–H groups in total. The molecule has 0 aliphatic rings. The van der Waals surface area contributed by atoms with Crippen LogP contribution in [0.25, 0.3) is 0 Å². The Morgan fingerprint density at radius 2 is 1.33 bits per heavy atom. The van der Waals surface area contributed by atoms with Crippen LogP contribution in [0.1, 0.15) is 27.7 Å². The second-order valence-corrected chi connectivity index (χ2v) is 1.89. The summed E-state index contributed by atoms with van der Waals surface area (Å²) in [5.41, 5.74) is 0. The van der Waals surface area contributed by atoms with Crippen LogP contribution >= 0.6 is 0 Å². The second kappa shape index (κ2) is 12.5. The van der Waals surface area contributed by atoms with Crippen LogP contribution < -0.4 is 9.47 Å². The normalized spacial score (nSPS) is 7.27. The fraction of sp³-hybridized carbons (Fsp3) is 0.417. The van der Waals surface area contributed by atoms with Crippen molar-refractivity contribution < 1.29 is 14.3 Å². The van der Waals surface area contributed by atoms with Crippen molar-refractivity contribution in [2.24, 2.45) is 0 Å². The Hall–Kier alpha value is -1.51. The number of ether oxygens (including phenoxy) is 2. The van der Waals surface area contributed by atoms with Crippen LogP contribution in [0.2, 0.25) is 0 Å². The van der Waals surface area contributed by atoms with Gasteiger partial charge >= 0.3 is 0 Å². The number of hydrogen-bond donors (Lipinski definition) is 0. The number of carbonyl (C=O) groups excluding carboxylic acids is 1. The van der Waals surface area contributed by atoms with E-state index < -0.39 is 0 Å². The molecule has 86 valence electrons. The lowest BCUT2D eigenvalue weighted by molar-refractivity contribution is -0.120. The monoisotopic (exact) mass is 212 g/mol. The molecule has 0 saturated heterocycles. The van der Waals surface area contributed by atoms with E-state index in [4.69, 9.17) is 4.74 Å². The number of benzene rings is 1. The summed E-state index contributed by atoms with van der Waals surface area (Å²) < 4.78 is 9.47. The molecule has 0 saturated carbocycles. The van der Waals surface area contributed by atoms with Gasteiger partial charge in [-0.25, -0.2) is 0 Å². The van der Waals surface area contributed by atoms with Crippen molar-refractivity contribution in [2.75, 3.05) is 7.11 Å². The predicted octanol–water partition coefficient (Wildman–Crippen LogP) is 3.28. The molecule has 1 aromatic rings. The molecule has 0 aliphatic heterocycles. The Morgan fingerprint density at radius 3 is 1.67 bits per heavy atom. The third-order valence-corrected chi connectivity index (χ3v) is 1.24. The summed E-state index contributed by atoms with van der Waals surface area (Å²) in [6.45, 7) is 8.39. The molecule has 0 unspecified atom stereocenters. The van der Waals surface area contributed by atoms with Crippen LogP contribution in [0.4, 0.5) is 0 Å². The molecule has 1 aromatic carbocycles. The van der Waals surface area contributed by atoms with Crippen molar-refractivity contribution in [1.29, 1.82) is 0 Å². The maximum absolute atomic E-state index is 9.88.